The van der Waals surface area contributed by atoms with Crippen molar-refractivity contribution in [3.05, 3.63) is 59.7 Å². The lowest BCUT2D eigenvalue weighted by molar-refractivity contribution is 0.0706. The van der Waals surface area contributed by atoms with Gasteiger partial charge in [-0.1, -0.05) is 12.1 Å². The summed E-state index contributed by atoms with van der Waals surface area (Å²) in [5, 5.41) is 18.1. The molecule has 0 unspecified atom stereocenters. The first-order valence-corrected chi connectivity index (χ1v) is 8.38. The van der Waals surface area contributed by atoms with Crippen LogP contribution in [0.2, 0.25) is 0 Å². The summed E-state index contributed by atoms with van der Waals surface area (Å²) in [5.41, 5.74) is 2.87. The molecule has 1 saturated heterocycles. The SMILES string of the molecule is O=C(c1ccc(Cn2cnnn2)cc1)N1CCC[C@H](c2ccn[nH]2)C1. The number of rotatable bonds is 4. The molecule has 1 aliphatic heterocycles. The van der Waals surface area contributed by atoms with Gasteiger partial charge in [0.2, 0.25) is 0 Å². The number of aromatic amines is 1. The number of carbonyl (C=O) groups excluding carboxylic acids is 1. The lowest BCUT2D eigenvalue weighted by Crippen LogP contribution is -2.39. The summed E-state index contributed by atoms with van der Waals surface area (Å²) in [6, 6.07) is 9.65. The highest BCUT2D eigenvalue weighted by Crippen LogP contribution is 2.26. The predicted molar refractivity (Wildman–Crippen MR) is 89.8 cm³/mol. The van der Waals surface area contributed by atoms with Crippen LogP contribution in [0, 0.1) is 0 Å². The van der Waals surface area contributed by atoms with E-state index in [0.29, 0.717) is 18.0 Å². The lowest BCUT2D eigenvalue weighted by atomic mass is 9.94. The van der Waals surface area contributed by atoms with Gasteiger partial charge in [0.05, 0.1) is 6.54 Å². The van der Waals surface area contributed by atoms with Crippen LogP contribution in [0.25, 0.3) is 0 Å². The molecule has 1 aromatic carbocycles. The number of carbonyl (C=O) groups is 1. The fraction of sp³-hybridized carbons (Fsp3) is 0.353. The molecule has 1 atom stereocenters. The molecule has 0 spiro atoms. The average molecular weight is 337 g/mol. The minimum absolute atomic E-state index is 0.0817. The lowest BCUT2D eigenvalue weighted by Gasteiger charge is -2.32. The Balaban J connectivity index is 1.43. The van der Waals surface area contributed by atoms with Crippen molar-refractivity contribution in [3.8, 4) is 0 Å². The van der Waals surface area contributed by atoms with Gasteiger partial charge in [-0.3, -0.25) is 9.89 Å². The minimum atomic E-state index is 0.0817. The van der Waals surface area contributed by atoms with E-state index < -0.39 is 0 Å². The van der Waals surface area contributed by atoms with Crippen molar-refractivity contribution in [2.75, 3.05) is 13.1 Å². The molecule has 2 aromatic heterocycles. The molecule has 1 fully saturated rings. The molecule has 8 heteroatoms. The van der Waals surface area contributed by atoms with Crippen molar-refractivity contribution in [1.29, 1.82) is 0 Å². The molecule has 1 aliphatic rings. The van der Waals surface area contributed by atoms with Gasteiger partial charge in [-0.05, 0) is 47.0 Å². The van der Waals surface area contributed by atoms with Crippen LogP contribution in [0.1, 0.15) is 40.4 Å². The Kier molecular flexibility index (Phi) is 4.24. The average Bonchev–Trinajstić information content (AvgIpc) is 3.36. The van der Waals surface area contributed by atoms with Gasteiger partial charge < -0.3 is 4.90 Å². The van der Waals surface area contributed by atoms with Crippen molar-refractivity contribution in [2.24, 2.45) is 0 Å². The molecule has 3 heterocycles. The number of likely N-dealkylation sites (tertiary alicyclic amines) is 1. The molecule has 1 N–H and O–H groups in total. The Labute approximate surface area is 144 Å². The van der Waals surface area contributed by atoms with Crippen molar-refractivity contribution in [2.45, 2.75) is 25.3 Å². The fourth-order valence-corrected chi connectivity index (χ4v) is 3.28. The molecule has 3 aromatic rings. The molecule has 1 amide bonds. The first kappa shape index (κ1) is 15.5. The third-order valence-electron chi connectivity index (χ3n) is 4.61. The molecular weight excluding hydrogens is 318 g/mol. The normalized spacial score (nSPS) is 17.6. The summed E-state index contributed by atoms with van der Waals surface area (Å²) in [7, 11) is 0. The second kappa shape index (κ2) is 6.84. The zero-order chi connectivity index (χ0) is 17.1. The number of piperidine rings is 1. The topological polar surface area (TPSA) is 92.6 Å². The maximum atomic E-state index is 12.8. The summed E-state index contributed by atoms with van der Waals surface area (Å²) in [6.45, 7) is 2.12. The number of amides is 1. The number of hydrogen-bond acceptors (Lipinski definition) is 5. The second-order valence-electron chi connectivity index (χ2n) is 6.31. The van der Waals surface area contributed by atoms with Crippen LogP contribution in [-0.2, 0) is 6.54 Å². The summed E-state index contributed by atoms with van der Waals surface area (Å²) in [5.74, 6) is 0.414. The Morgan fingerprint density at radius 3 is 2.84 bits per heavy atom. The number of nitrogens with one attached hydrogen (secondary N) is 1. The minimum Gasteiger partial charge on any atom is -0.338 e. The molecular formula is C17H19N7O. The first-order valence-electron chi connectivity index (χ1n) is 8.38. The Hall–Kier alpha value is -3.03. The molecule has 4 rings (SSSR count). The predicted octanol–water partition coefficient (Wildman–Crippen LogP) is 1.46. The van der Waals surface area contributed by atoms with Crippen LogP contribution in [0.4, 0.5) is 0 Å². The number of nitrogens with zero attached hydrogens (tertiary/aromatic N) is 6. The third-order valence-corrected chi connectivity index (χ3v) is 4.61. The van der Waals surface area contributed by atoms with E-state index in [1.165, 1.54) is 0 Å². The van der Waals surface area contributed by atoms with Crippen LogP contribution in [0.5, 0.6) is 0 Å². The Morgan fingerprint density at radius 1 is 1.24 bits per heavy atom. The van der Waals surface area contributed by atoms with Gasteiger partial charge >= 0.3 is 0 Å². The smallest absolute Gasteiger partial charge is 0.253 e. The largest absolute Gasteiger partial charge is 0.338 e. The molecule has 0 aliphatic carbocycles. The quantitative estimate of drug-likeness (QED) is 0.778. The van der Waals surface area contributed by atoms with Crippen LogP contribution in [0.3, 0.4) is 0 Å². The highest BCUT2D eigenvalue weighted by molar-refractivity contribution is 5.94. The monoisotopic (exact) mass is 337 g/mol. The number of benzene rings is 1. The van der Waals surface area contributed by atoms with Crippen LogP contribution in [-0.4, -0.2) is 54.3 Å². The van der Waals surface area contributed by atoms with Crippen molar-refractivity contribution < 1.29 is 4.79 Å². The van der Waals surface area contributed by atoms with Crippen molar-refractivity contribution >= 4 is 5.91 Å². The molecule has 25 heavy (non-hydrogen) atoms. The number of aromatic nitrogens is 6. The molecule has 8 nitrogen and oxygen atoms in total. The van der Waals surface area contributed by atoms with Crippen molar-refractivity contribution in [3.63, 3.8) is 0 Å². The van der Waals surface area contributed by atoms with E-state index in [-0.39, 0.29) is 5.91 Å². The Bertz CT molecular complexity index is 811. The van der Waals surface area contributed by atoms with Gasteiger partial charge in [-0.2, -0.15) is 5.10 Å². The van der Waals surface area contributed by atoms with Crippen LogP contribution >= 0.6 is 0 Å². The zero-order valence-corrected chi connectivity index (χ0v) is 13.7. The van der Waals surface area contributed by atoms with Gasteiger partial charge in [0.15, 0.2) is 0 Å². The summed E-state index contributed by atoms with van der Waals surface area (Å²) < 4.78 is 1.65. The number of hydrogen-bond donors (Lipinski definition) is 1. The Morgan fingerprint density at radius 2 is 2.12 bits per heavy atom. The second-order valence-corrected chi connectivity index (χ2v) is 6.31. The van der Waals surface area contributed by atoms with Crippen LogP contribution < -0.4 is 0 Å². The summed E-state index contributed by atoms with van der Waals surface area (Å²) in [6.07, 6.45) is 5.42. The van der Waals surface area contributed by atoms with Crippen LogP contribution in [0.15, 0.2) is 42.9 Å². The molecule has 0 saturated carbocycles. The summed E-state index contributed by atoms with van der Waals surface area (Å²) >= 11 is 0. The van der Waals surface area contributed by atoms with E-state index in [1.54, 1.807) is 17.2 Å². The van der Waals surface area contributed by atoms with Gasteiger partial charge in [-0.15, -0.1) is 5.10 Å². The van der Waals surface area contributed by atoms with Gasteiger partial charge in [-0.25, -0.2) is 4.68 Å². The molecule has 128 valence electrons. The standard InChI is InChI=1S/C17H19N7O/c25-17(23-9-1-2-15(11-23)16-7-8-18-20-16)14-5-3-13(4-6-14)10-24-12-19-21-22-24/h3-8,12,15H,1-2,9-11H2,(H,18,20)/t15-/m0/s1. The van der Waals surface area contributed by atoms with Gasteiger partial charge in [0.25, 0.3) is 5.91 Å². The van der Waals surface area contributed by atoms with Crippen molar-refractivity contribution in [1.82, 2.24) is 35.3 Å². The van der Waals surface area contributed by atoms with E-state index in [4.69, 9.17) is 0 Å². The molecule has 0 radical (unpaired) electrons. The zero-order valence-electron chi connectivity index (χ0n) is 13.7. The number of H-pyrrole nitrogens is 1. The maximum Gasteiger partial charge on any atom is 0.253 e. The first-order chi connectivity index (χ1) is 12.3. The highest BCUT2D eigenvalue weighted by atomic mass is 16.2. The fourth-order valence-electron chi connectivity index (χ4n) is 3.28. The molecule has 0 bridgehead atoms. The van der Waals surface area contributed by atoms with E-state index in [9.17, 15) is 4.79 Å². The van der Waals surface area contributed by atoms with Gasteiger partial charge in [0.1, 0.15) is 6.33 Å². The number of tetrazole rings is 1. The van der Waals surface area contributed by atoms with E-state index in [2.05, 4.69) is 25.7 Å². The van der Waals surface area contributed by atoms with E-state index >= 15 is 0 Å². The highest BCUT2D eigenvalue weighted by Gasteiger charge is 2.26. The van der Waals surface area contributed by atoms with E-state index in [0.717, 1.165) is 37.2 Å². The van der Waals surface area contributed by atoms with Gasteiger partial charge in [0, 0.05) is 36.5 Å². The van der Waals surface area contributed by atoms with E-state index in [1.807, 2.05) is 35.2 Å². The maximum absolute atomic E-state index is 12.8. The summed E-state index contributed by atoms with van der Waals surface area (Å²) in [4.78, 5) is 14.7. The third kappa shape index (κ3) is 3.42.